The second-order valence-electron chi connectivity index (χ2n) is 9.83. The second kappa shape index (κ2) is 12.9. The standard InChI is InChI=1S/C28H36N2O5.H2S/c1-5-28(15-8-9-16-30(4)18-28)20-11-10-12-21(17-20)35-27(34)23-14-7-6-13-22(23)25(31)29-24(19(2)3)26(32)33;/h6-7,10-14,17,19,24H,5,8-9,15-16,18H2,1-4H3,(H,29,31)(H,32,33);1H2/t24-,28?;/m0./s1. The first-order valence-electron chi connectivity index (χ1n) is 12.3. The molecule has 0 aliphatic carbocycles. The number of likely N-dealkylation sites (N-methyl/N-ethyl adjacent to an activating group) is 1. The minimum atomic E-state index is -1.13. The summed E-state index contributed by atoms with van der Waals surface area (Å²) in [5.41, 5.74) is 1.30. The summed E-state index contributed by atoms with van der Waals surface area (Å²) in [6.07, 6.45) is 4.39. The van der Waals surface area contributed by atoms with Gasteiger partial charge in [-0.3, -0.25) is 4.79 Å². The Balaban J connectivity index is 0.00000456. The number of ether oxygens (including phenoxy) is 1. The number of hydrogen-bond acceptors (Lipinski definition) is 5. The van der Waals surface area contributed by atoms with Crippen molar-refractivity contribution >= 4 is 31.3 Å². The Kier molecular flexibility index (Phi) is 10.5. The first-order chi connectivity index (χ1) is 16.7. The molecule has 2 N–H and O–H groups in total. The molecule has 1 aliphatic heterocycles. The SMILES string of the molecule is CCC1(c2cccc(OC(=O)c3ccccc3C(=O)N[C@H](C(=O)O)C(C)C)c2)CCCCN(C)C1.S. The smallest absolute Gasteiger partial charge is 0.344 e. The van der Waals surface area contributed by atoms with E-state index in [1.54, 1.807) is 32.0 Å². The number of carboxylic acid groups (broad SMARTS) is 1. The molecule has 1 amide bonds. The largest absolute Gasteiger partial charge is 0.480 e. The van der Waals surface area contributed by atoms with Gasteiger partial charge < -0.3 is 20.1 Å². The van der Waals surface area contributed by atoms with Crippen molar-refractivity contribution in [3.63, 3.8) is 0 Å². The number of likely N-dealkylation sites (tertiary alicyclic amines) is 1. The van der Waals surface area contributed by atoms with Gasteiger partial charge in [0.2, 0.25) is 0 Å². The third-order valence-electron chi connectivity index (χ3n) is 6.96. The Morgan fingerprint density at radius 3 is 2.42 bits per heavy atom. The van der Waals surface area contributed by atoms with Gasteiger partial charge in [0.1, 0.15) is 11.8 Å². The van der Waals surface area contributed by atoms with Crippen LogP contribution in [-0.2, 0) is 10.2 Å². The summed E-state index contributed by atoms with van der Waals surface area (Å²) in [5.74, 6) is -2.30. The van der Waals surface area contributed by atoms with Gasteiger partial charge in [0.15, 0.2) is 0 Å². The fraction of sp³-hybridized carbons (Fsp3) is 0.464. The molecule has 2 aromatic rings. The molecule has 196 valence electrons. The first-order valence-corrected chi connectivity index (χ1v) is 12.3. The number of rotatable bonds is 8. The van der Waals surface area contributed by atoms with Crippen molar-refractivity contribution < 1.29 is 24.2 Å². The zero-order valence-electron chi connectivity index (χ0n) is 21.5. The molecule has 2 atom stereocenters. The van der Waals surface area contributed by atoms with E-state index in [1.165, 1.54) is 18.6 Å². The molecule has 3 rings (SSSR count). The predicted molar refractivity (Wildman–Crippen MR) is 145 cm³/mol. The summed E-state index contributed by atoms with van der Waals surface area (Å²) in [6.45, 7) is 7.65. The summed E-state index contributed by atoms with van der Waals surface area (Å²) >= 11 is 0. The quantitative estimate of drug-likeness (QED) is 0.394. The van der Waals surface area contributed by atoms with Crippen molar-refractivity contribution in [2.45, 2.75) is 57.9 Å². The third kappa shape index (κ3) is 6.89. The lowest BCUT2D eigenvalue weighted by Crippen LogP contribution is -2.44. The summed E-state index contributed by atoms with van der Waals surface area (Å²) < 4.78 is 5.72. The fourth-order valence-electron chi connectivity index (χ4n) is 4.89. The molecule has 1 saturated heterocycles. The topological polar surface area (TPSA) is 95.9 Å². The highest BCUT2D eigenvalue weighted by Crippen LogP contribution is 2.37. The average Bonchev–Trinajstić information content (AvgIpc) is 3.04. The number of amides is 1. The van der Waals surface area contributed by atoms with Crippen molar-refractivity contribution in [3.05, 3.63) is 65.2 Å². The maximum atomic E-state index is 13.1. The molecular formula is C28H38N2O5S. The molecule has 2 aromatic carbocycles. The van der Waals surface area contributed by atoms with E-state index < -0.39 is 23.9 Å². The van der Waals surface area contributed by atoms with E-state index >= 15 is 0 Å². The van der Waals surface area contributed by atoms with Gasteiger partial charge in [-0.2, -0.15) is 13.5 Å². The van der Waals surface area contributed by atoms with E-state index in [1.807, 2.05) is 12.1 Å². The Labute approximate surface area is 220 Å². The Hall–Kier alpha value is -2.84. The molecule has 0 aromatic heterocycles. The molecular weight excluding hydrogens is 476 g/mol. The number of carbonyl (C=O) groups is 3. The van der Waals surface area contributed by atoms with Crippen LogP contribution >= 0.6 is 13.5 Å². The lowest BCUT2D eigenvalue weighted by molar-refractivity contribution is -0.140. The van der Waals surface area contributed by atoms with Gasteiger partial charge in [0.05, 0.1) is 11.1 Å². The van der Waals surface area contributed by atoms with Crippen LogP contribution in [-0.4, -0.2) is 54.0 Å². The number of carbonyl (C=O) groups excluding carboxylic acids is 2. The molecule has 1 fully saturated rings. The maximum absolute atomic E-state index is 13.1. The van der Waals surface area contributed by atoms with E-state index in [0.29, 0.717) is 5.75 Å². The van der Waals surface area contributed by atoms with E-state index in [9.17, 15) is 19.5 Å². The Morgan fingerprint density at radius 1 is 1.08 bits per heavy atom. The molecule has 1 unspecified atom stereocenters. The van der Waals surface area contributed by atoms with E-state index in [-0.39, 0.29) is 36.0 Å². The van der Waals surface area contributed by atoms with E-state index in [0.717, 1.165) is 37.9 Å². The van der Waals surface area contributed by atoms with Crippen LogP contribution in [0.2, 0.25) is 0 Å². The van der Waals surface area contributed by atoms with Crippen molar-refractivity contribution in [1.82, 2.24) is 10.2 Å². The lowest BCUT2D eigenvalue weighted by Gasteiger charge is -2.35. The Morgan fingerprint density at radius 2 is 1.78 bits per heavy atom. The van der Waals surface area contributed by atoms with Crippen LogP contribution in [0.3, 0.4) is 0 Å². The molecule has 0 bridgehead atoms. The summed E-state index contributed by atoms with van der Waals surface area (Å²) in [4.78, 5) is 39.8. The molecule has 0 saturated carbocycles. The van der Waals surface area contributed by atoms with Crippen LogP contribution in [0.15, 0.2) is 48.5 Å². The van der Waals surface area contributed by atoms with Gasteiger partial charge in [0, 0.05) is 12.0 Å². The number of nitrogens with one attached hydrogen (secondary N) is 1. The van der Waals surface area contributed by atoms with Crippen LogP contribution in [0.4, 0.5) is 0 Å². The van der Waals surface area contributed by atoms with Gasteiger partial charge >= 0.3 is 11.9 Å². The summed E-state index contributed by atoms with van der Waals surface area (Å²) in [5, 5.41) is 11.9. The zero-order valence-corrected chi connectivity index (χ0v) is 22.5. The highest BCUT2D eigenvalue weighted by atomic mass is 32.1. The average molecular weight is 515 g/mol. The number of aliphatic carboxylic acids is 1. The highest BCUT2D eigenvalue weighted by Gasteiger charge is 2.33. The molecule has 1 aliphatic rings. The fourth-order valence-corrected chi connectivity index (χ4v) is 4.89. The molecule has 8 heteroatoms. The van der Waals surface area contributed by atoms with Crippen LogP contribution in [0.25, 0.3) is 0 Å². The summed E-state index contributed by atoms with van der Waals surface area (Å²) in [6, 6.07) is 12.9. The van der Waals surface area contributed by atoms with Crippen molar-refractivity contribution in [1.29, 1.82) is 0 Å². The molecule has 1 heterocycles. The van der Waals surface area contributed by atoms with Gasteiger partial charge in [-0.1, -0.05) is 51.5 Å². The van der Waals surface area contributed by atoms with Gasteiger partial charge in [-0.25, -0.2) is 9.59 Å². The van der Waals surface area contributed by atoms with E-state index in [2.05, 4.69) is 30.3 Å². The van der Waals surface area contributed by atoms with Gasteiger partial charge in [0.25, 0.3) is 5.91 Å². The first kappa shape index (κ1) is 29.4. The number of benzene rings is 2. The minimum Gasteiger partial charge on any atom is -0.480 e. The van der Waals surface area contributed by atoms with Gasteiger partial charge in [-0.15, -0.1) is 0 Å². The summed E-state index contributed by atoms with van der Waals surface area (Å²) in [7, 11) is 2.15. The molecule has 7 nitrogen and oxygen atoms in total. The van der Waals surface area contributed by atoms with Crippen molar-refractivity contribution in [3.8, 4) is 5.75 Å². The third-order valence-corrected chi connectivity index (χ3v) is 6.96. The van der Waals surface area contributed by atoms with Crippen LogP contribution < -0.4 is 10.1 Å². The maximum Gasteiger partial charge on any atom is 0.344 e. The van der Waals surface area contributed by atoms with Crippen LogP contribution in [0.1, 0.15) is 72.7 Å². The van der Waals surface area contributed by atoms with E-state index in [4.69, 9.17) is 4.74 Å². The number of nitrogens with zero attached hydrogens (tertiary/aromatic N) is 1. The van der Waals surface area contributed by atoms with Crippen LogP contribution in [0, 0.1) is 5.92 Å². The predicted octanol–water partition coefficient (Wildman–Crippen LogP) is 4.62. The van der Waals surface area contributed by atoms with Gasteiger partial charge in [-0.05, 0) is 68.6 Å². The molecule has 0 spiro atoms. The molecule has 0 radical (unpaired) electrons. The number of carboxylic acids is 1. The number of esters is 1. The molecule has 36 heavy (non-hydrogen) atoms. The zero-order chi connectivity index (χ0) is 25.6. The monoisotopic (exact) mass is 514 g/mol. The normalized spacial score (nSPS) is 19.0. The lowest BCUT2D eigenvalue weighted by atomic mass is 9.74. The minimum absolute atomic E-state index is 0. The van der Waals surface area contributed by atoms with Crippen molar-refractivity contribution in [2.75, 3.05) is 20.1 Å². The second-order valence-corrected chi connectivity index (χ2v) is 9.83. The van der Waals surface area contributed by atoms with Crippen LogP contribution in [0.5, 0.6) is 5.75 Å². The highest BCUT2D eigenvalue weighted by molar-refractivity contribution is 7.59. The number of hydrogen-bond donors (Lipinski definition) is 2. The Bertz CT molecular complexity index is 1070. The van der Waals surface area contributed by atoms with Crippen molar-refractivity contribution in [2.24, 2.45) is 5.92 Å².